The number of rotatable bonds is 7. The van der Waals surface area contributed by atoms with E-state index in [9.17, 15) is 4.79 Å². The second-order valence-corrected chi connectivity index (χ2v) is 4.41. The maximum atomic E-state index is 11.9. The third-order valence-corrected chi connectivity index (χ3v) is 2.43. The van der Waals surface area contributed by atoms with Crippen LogP contribution in [-0.4, -0.2) is 35.5 Å². The van der Waals surface area contributed by atoms with Gasteiger partial charge in [-0.05, 0) is 18.6 Å². The molecule has 1 aromatic carbocycles. The van der Waals surface area contributed by atoms with E-state index >= 15 is 0 Å². The average molecular weight is 266 g/mol. The topological polar surface area (TPSA) is 55.6 Å². The van der Waals surface area contributed by atoms with Crippen molar-refractivity contribution in [3.63, 3.8) is 0 Å². The van der Waals surface area contributed by atoms with E-state index in [4.69, 9.17) is 22.7 Å². The van der Waals surface area contributed by atoms with Gasteiger partial charge in [-0.15, -0.1) is 0 Å². The van der Waals surface area contributed by atoms with Crippen LogP contribution in [0.25, 0.3) is 0 Å². The summed E-state index contributed by atoms with van der Waals surface area (Å²) >= 11 is 4.83. The van der Waals surface area contributed by atoms with Gasteiger partial charge in [0.05, 0.1) is 11.5 Å². The van der Waals surface area contributed by atoms with Crippen molar-refractivity contribution in [2.24, 2.45) is 5.73 Å². The molecule has 0 aliphatic heterocycles. The van der Waals surface area contributed by atoms with E-state index in [1.165, 1.54) is 0 Å². The number of carbonyl (C=O) groups is 1. The van der Waals surface area contributed by atoms with Gasteiger partial charge in [0.2, 0.25) is 0 Å². The summed E-state index contributed by atoms with van der Waals surface area (Å²) in [5.41, 5.74) is 5.47. The predicted molar refractivity (Wildman–Crippen MR) is 75.6 cm³/mol. The Morgan fingerprint density at radius 1 is 1.39 bits per heavy atom. The lowest BCUT2D eigenvalue weighted by molar-refractivity contribution is -0.132. The smallest absolute Gasteiger partial charge is 0.260 e. The Balaban J connectivity index is 2.48. The second-order valence-electron chi connectivity index (χ2n) is 3.88. The maximum Gasteiger partial charge on any atom is 0.260 e. The molecule has 98 valence electrons. The molecule has 18 heavy (non-hydrogen) atoms. The van der Waals surface area contributed by atoms with Crippen molar-refractivity contribution in [1.29, 1.82) is 0 Å². The molecule has 2 N–H and O–H groups in total. The molecule has 0 saturated carbocycles. The van der Waals surface area contributed by atoms with E-state index in [2.05, 4.69) is 0 Å². The number of thiocarbonyl (C=S) groups is 1. The molecule has 0 aromatic heterocycles. The number of hydrogen-bond acceptors (Lipinski definition) is 3. The zero-order chi connectivity index (χ0) is 13.4. The van der Waals surface area contributed by atoms with Gasteiger partial charge in [0, 0.05) is 6.54 Å². The Hall–Kier alpha value is -1.62. The van der Waals surface area contributed by atoms with Crippen molar-refractivity contribution in [3.8, 4) is 5.75 Å². The van der Waals surface area contributed by atoms with E-state index < -0.39 is 0 Å². The monoisotopic (exact) mass is 266 g/mol. The van der Waals surface area contributed by atoms with E-state index in [0.717, 1.165) is 6.42 Å². The van der Waals surface area contributed by atoms with E-state index in [-0.39, 0.29) is 12.5 Å². The van der Waals surface area contributed by atoms with Gasteiger partial charge in [0.1, 0.15) is 5.75 Å². The summed E-state index contributed by atoms with van der Waals surface area (Å²) in [5, 5.41) is 0. The van der Waals surface area contributed by atoms with Crippen LogP contribution in [0.15, 0.2) is 30.3 Å². The summed E-state index contributed by atoms with van der Waals surface area (Å²) in [6.45, 7) is 2.94. The van der Waals surface area contributed by atoms with Crippen LogP contribution in [0.3, 0.4) is 0 Å². The van der Waals surface area contributed by atoms with Gasteiger partial charge in [-0.1, -0.05) is 37.3 Å². The number of carbonyl (C=O) groups excluding carboxylic acids is 1. The summed E-state index contributed by atoms with van der Waals surface area (Å²) in [5.74, 6) is 0.575. The first-order valence-electron chi connectivity index (χ1n) is 5.87. The van der Waals surface area contributed by atoms with Gasteiger partial charge >= 0.3 is 0 Å². The van der Waals surface area contributed by atoms with E-state index in [1.807, 2.05) is 37.3 Å². The molecular formula is C13H18N2O2S. The lowest BCUT2D eigenvalue weighted by atomic mass is 10.3. The molecule has 1 rings (SSSR count). The maximum absolute atomic E-state index is 11.9. The highest BCUT2D eigenvalue weighted by atomic mass is 32.1. The molecule has 0 radical (unpaired) electrons. The molecule has 0 bridgehead atoms. The lowest BCUT2D eigenvalue weighted by Gasteiger charge is -2.21. The summed E-state index contributed by atoms with van der Waals surface area (Å²) in [7, 11) is 0. The Bertz CT molecular complexity index is 395. The minimum Gasteiger partial charge on any atom is -0.484 e. The van der Waals surface area contributed by atoms with Gasteiger partial charge < -0.3 is 15.4 Å². The highest BCUT2D eigenvalue weighted by Gasteiger charge is 2.13. The van der Waals surface area contributed by atoms with Crippen molar-refractivity contribution in [2.75, 3.05) is 19.7 Å². The third kappa shape index (κ3) is 5.14. The molecule has 0 heterocycles. The number of nitrogens with zero attached hydrogens (tertiary/aromatic N) is 1. The molecule has 1 amide bonds. The number of ether oxygens (including phenoxy) is 1. The Kier molecular flexibility index (Phi) is 6.14. The van der Waals surface area contributed by atoms with Crippen LogP contribution >= 0.6 is 12.2 Å². The van der Waals surface area contributed by atoms with E-state index in [1.54, 1.807) is 4.90 Å². The van der Waals surface area contributed by atoms with Crippen LogP contribution in [0.1, 0.15) is 13.3 Å². The Morgan fingerprint density at radius 3 is 2.61 bits per heavy atom. The summed E-state index contributed by atoms with van der Waals surface area (Å²) in [6.07, 6.45) is 0.861. The van der Waals surface area contributed by atoms with Crippen LogP contribution in [0.4, 0.5) is 0 Å². The first-order valence-corrected chi connectivity index (χ1v) is 6.28. The highest BCUT2D eigenvalue weighted by molar-refractivity contribution is 7.80. The molecule has 1 aromatic rings. The van der Waals surface area contributed by atoms with Gasteiger partial charge in [-0.2, -0.15) is 0 Å². The van der Waals surface area contributed by atoms with Crippen LogP contribution in [-0.2, 0) is 4.79 Å². The molecular weight excluding hydrogens is 248 g/mol. The summed E-state index contributed by atoms with van der Waals surface area (Å²) < 4.78 is 5.40. The molecule has 4 nitrogen and oxygen atoms in total. The van der Waals surface area contributed by atoms with Gasteiger partial charge in [0.25, 0.3) is 5.91 Å². The Morgan fingerprint density at radius 2 is 2.06 bits per heavy atom. The lowest BCUT2D eigenvalue weighted by Crippen LogP contribution is -2.40. The third-order valence-electron chi connectivity index (χ3n) is 2.30. The number of amides is 1. The normalized spacial score (nSPS) is 9.83. The largest absolute Gasteiger partial charge is 0.484 e. The molecule has 5 heteroatoms. The summed E-state index contributed by atoms with van der Waals surface area (Å²) in [6, 6.07) is 9.23. The van der Waals surface area contributed by atoms with Crippen LogP contribution in [0.5, 0.6) is 5.75 Å². The van der Waals surface area contributed by atoms with Crippen LogP contribution < -0.4 is 10.5 Å². The fourth-order valence-corrected chi connectivity index (χ4v) is 1.66. The highest BCUT2D eigenvalue weighted by Crippen LogP contribution is 2.08. The van der Waals surface area contributed by atoms with Crippen molar-refractivity contribution in [3.05, 3.63) is 30.3 Å². The molecule has 0 spiro atoms. The number of para-hydroxylation sites is 1. The zero-order valence-electron chi connectivity index (χ0n) is 10.5. The fourth-order valence-electron chi connectivity index (χ4n) is 1.50. The first kappa shape index (κ1) is 14.4. The van der Waals surface area contributed by atoms with Crippen LogP contribution in [0.2, 0.25) is 0 Å². The van der Waals surface area contributed by atoms with Gasteiger partial charge in [0.15, 0.2) is 6.61 Å². The van der Waals surface area contributed by atoms with Gasteiger partial charge in [-0.25, -0.2) is 0 Å². The van der Waals surface area contributed by atoms with Crippen molar-refractivity contribution in [2.45, 2.75) is 13.3 Å². The Labute approximate surface area is 113 Å². The minimum absolute atomic E-state index is 0.00657. The minimum atomic E-state index is -0.103. The second kappa shape index (κ2) is 7.66. The van der Waals surface area contributed by atoms with Crippen LogP contribution in [0, 0.1) is 0 Å². The zero-order valence-corrected chi connectivity index (χ0v) is 11.3. The molecule has 0 saturated heterocycles. The molecule has 0 atom stereocenters. The average Bonchev–Trinajstić information content (AvgIpc) is 2.36. The fraction of sp³-hybridized carbons (Fsp3) is 0.385. The summed E-state index contributed by atoms with van der Waals surface area (Å²) in [4.78, 5) is 13.9. The molecule has 0 unspecified atom stereocenters. The van der Waals surface area contributed by atoms with Gasteiger partial charge in [-0.3, -0.25) is 4.79 Å². The predicted octanol–water partition coefficient (Wildman–Crippen LogP) is 1.59. The standard InChI is InChI=1S/C13H18N2O2S/c1-2-8-15(9-12(14)18)13(16)10-17-11-6-4-3-5-7-11/h3-7H,2,8-10H2,1H3,(H2,14,18). The van der Waals surface area contributed by atoms with E-state index in [0.29, 0.717) is 23.8 Å². The molecule has 0 aliphatic rings. The quantitative estimate of drug-likeness (QED) is 0.761. The molecule has 0 fully saturated rings. The first-order chi connectivity index (χ1) is 8.63. The number of hydrogen-bond donors (Lipinski definition) is 1. The van der Waals surface area contributed by atoms with Crippen molar-refractivity contribution >= 4 is 23.1 Å². The van der Waals surface area contributed by atoms with Crippen molar-refractivity contribution in [1.82, 2.24) is 4.90 Å². The number of nitrogens with two attached hydrogens (primary N) is 1. The molecule has 0 aliphatic carbocycles. The SMILES string of the molecule is CCCN(CC(N)=S)C(=O)COc1ccccc1. The number of benzene rings is 1. The van der Waals surface area contributed by atoms with Crippen molar-refractivity contribution < 1.29 is 9.53 Å².